The van der Waals surface area contributed by atoms with Crippen LogP contribution in [0.1, 0.15) is 20.7 Å². The van der Waals surface area contributed by atoms with Crippen LogP contribution in [0.25, 0.3) is 0 Å². The number of carboxylic acid groups (broad SMARTS) is 1. The highest BCUT2D eigenvalue weighted by atomic mass is 16.6. The molecular formula is C24H34N2O11. The summed E-state index contributed by atoms with van der Waals surface area (Å²) in [6.45, 7) is 3.28. The SMILES string of the molecule is O=C(O)COCC(=O)NCCOCCOCCOCCOCCOCCN1C(=O)c2ccccc2C1=O. The van der Waals surface area contributed by atoms with Gasteiger partial charge in [-0.25, -0.2) is 4.79 Å². The van der Waals surface area contributed by atoms with Gasteiger partial charge >= 0.3 is 5.97 Å². The molecule has 1 aromatic carbocycles. The van der Waals surface area contributed by atoms with Crippen LogP contribution in [0.5, 0.6) is 0 Å². The lowest BCUT2D eigenvalue weighted by atomic mass is 10.1. The van der Waals surface area contributed by atoms with Crippen molar-refractivity contribution in [2.75, 3.05) is 92.4 Å². The van der Waals surface area contributed by atoms with Gasteiger partial charge in [0.15, 0.2) is 0 Å². The zero-order chi connectivity index (χ0) is 26.7. The first kappa shape index (κ1) is 30.3. The molecule has 37 heavy (non-hydrogen) atoms. The first-order valence-corrected chi connectivity index (χ1v) is 11.9. The fraction of sp³-hybridized carbons (Fsp3) is 0.583. The highest BCUT2D eigenvalue weighted by molar-refractivity contribution is 6.21. The van der Waals surface area contributed by atoms with Crippen LogP contribution >= 0.6 is 0 Å². The molecule has 0 atom stereocenters. The number of aliphatic carboxylic acids is 1. The number of fused-ring (bicyclic) bond motifs is 1. The maximum atomic E-state index is 12.2. The topological polar surface area (TPSA) is 159 Å². The van der Waals surface area contributed by atoms with Gasteiger partial charge in [-0.2, -0.15) is 0 Å². The summed E-state index contributed by atoms with van der Waals surface area (Å²) in [4.78, 5) is 47.2. The van der Waals surface area contributed by atoms with Gasteiger partial charge in [-0.15, -0.1) is 0 Å². The predicted octanol–water partition coefficient (Wildman–Crippen LogP) is -0.417. The molecule has 206 valence electrons. The average Bonchev–Trinajstić information content (AvgIpc) is 3.12. The number of hydrogen-bond donors (Lipinski definition) is 2. The summed E-state index contributed by atoms with van der Waals surface area (Å²) in [7, 11) is 0. The summed E-state index contributed by atoms with van der Waals surface area (Å²) in [5.41, 5.74) is 0.855. The molecule has 0 spiro atoms. The van der Waals surface area contributed by atoms with Crippen LogP contribution in [0, 0.1) is 0 Å². The van der Waals surface area contributed by atoms with E-state index in [9.17, 15) is 19.2 Å². The second-order valence-corrected chi connectivity index (χ2v) is 7.61. The van der Waals surface area contributed by atoms with Crippen LogP contribution in [-0.4, -0.2) is 126 Å². The number of hydrogen-bond acceptors (Lipinski definition) is 10. The number of carboxylic acids is 1. The molecule has 1 aromatic rings. The van der Waals surface area contributed by atoms with E-state index >= 15 is 0 Å². The van der Waals surface area contributed by atoms with Gasteiger partial charge in [-0.05, 0) is 12.1 Å². The Labute approximate surface area is 214 Å². The van der Waals surface area contributed by atoms with E-state index in [1.54, 1.807) is 24.3 Å². The quantitative estimate of drug-likeness (QED) is 0.149. The first-order valence-electron chi connectivity index (χ1n) is 11.9. The Bertz CT molecular complexity index is 830. The molecule has 0 aromatic heterocycles. The molecule has 13 heteroatoms. The van der Waals surface area contributed by atoms with Crippen LogP contribution in [-0.2, 0) is 38.0 Å². The zero-order valence-electron chi connectivity index (χ0n) is 20.7. The fourth-order valence-corrected chi connectivity index (χ4v) is 3.12. The Balaban J connectivity index is 1.29. The molecule has 0 saturated heterocycles. The normalized spacial score (nSPS) is 12.7. The number of imide groups is 1. The minimum absolute atomic E-state index is 0.197. The molecule has 0 saturated carbocycles. The minimum atomic E-state index is -1.13. The van der Waals surface area contributed by atoms with Gasteiger partial charge in [0.1, 0.15) is 13.2 Å². The van der Waals surface area contributed by atoms with Crippen molar-refractivity contribution in [2.45, 2.75) is 0 Å². The smallest absolute Gasteiger partial charge is 0.329 e. The summed E-state index contributed by atoms with van der Waals surface area (Å²) < 4.78 is 31.6. The van der Waals surface area contributed by atoms with Crippen LogP contribution in [0.15, 0.2) is 24.3 Å². The number of amides is 3. The van der Waals surface area contributed by atoms with E-state index in [1.807, 2.05) is 0 Å². The van der Waals surface area contributed by atoms with Crippen molar-refractivity contribution in [3.63, 3.8) is 0 Å². The zero-order valence-corrected chi connectivity index (χ0v) is 20.7. The molecule has 1 aliphatic rings. The number of nitrogens with one attached hydrogen (secondary N) is 1. The number of rotatable bonds is 22. The number of carbonyl (C=O) groups excluding carboxylic acids is 3. The van der Waals surface area contributed by atoms with Crippen molar-refractivity contribution in [2.24, 2.45) is 0 Å². The van der Waals surface area contributed by atoms with Crippen molar-refractivity contribution < 1.29 is 52.7 Å². The standard InChI is InChI=1S/C24H34N2O11/c27-21(17-37-18-22(28)29)25-5-7-32-9-11-34-13-15-36-16-14-35-12-10-33-8-6-26-23(30)19-3-1-2-4-20(19)24(26)31/h1-4H,5-18H2,(H,25,27)(H,28,29). The van der Waals surface area contributed by atoms with E-state index in [-0.39, 0.29) is 38.1 Å². The van der Waals surface area contributed by atoms with Gasteiger partial charge in [0.25, 0.3) is 11.8 Å². The minimum Gasteiger partial charge on any atom is -0.480 e. The molecule has 13 nitrogen and oxygen atoms in total. The van der Waals surface area contributed by atoms with Gasteiger partial charge in [-0.1, -0.05) is 12.1 Å². The first-order chi connectivity index (χ1) is 18.0. The Hall–Kier alpha value is -2.94. The lowest BCUT2D eigenvalue weighted by molar-refractivity contribution is -0.143. The van der Waals surface area contributed by atoms with Gasteiger partial charge in [0.05, 0.1) is 83.7 Å². The fourth-order valence-electron chi connectivity index (χ4n) is 3.12. The second kappa shape index (κ2) is 18.3. The van der Waals surface area contributed by atoms with E-state index in [4.69, 9.17) is 28.8 Å². The maximum Gasteiger partial charge on any atom is 0.329 e. The van der Waals surface area contributed by atoms with Crippen molar-refractivity contribution in [3.8, 4) is 0 Å². The molecule has 0 radical (unpaired) electrons. The Morgan fingerprint density at radius 2 is 1.14 bits per heavy atom. The van der Waals surface area contributed by atoms with Crippen LogP contribution in [0.4, 0.5) is 0 Å². The van der Waals surface area contributed by atoms with Crippen LogP contribution in [0.3, 0.4) is 0 Å². The largest absolute Gasteiger partial charge is 0.480 e. The molecule has 3 amide bonds. The summed E-state index contributed by atoms with van der Waals surface area (Å²) in [6.07, 6.45) is 0. The molecule has 2 rings (SSSR count). The molecule has 2 N–H and O–H groups in total. The maximum absolute atomic E-state index is 12.2. The van der Waals surface area contributed by atoms with E-state index in [2.05, 4.69) is 10.1 Å². The summed E-state index contributed by atoms with van der Waals surface area (Å²) in [5, 5.41) is 10.9. The summed E-state index contributed by atoms with van der Waals surface area (Å²) in [6, 6.07) is 6.76. The molecule has 1 aliphatic heterocycles. The molecule has 0 unspecified atom stereocenters. The predicted molar refractivity (Wildman–Crippen MR) is 127 cm³/mol. The van der Waals surface area contributed by atoms with Crippen molar-refractivity contribution >= 4 is 23.7 Å². The molecule has 0 bridgehead atoms. The van der Waals surface area contributed by atoms with Crippen LogP contribution in [0.2, 0.25) is 0 Å². The molecule has 0 fully saturated rings. The second-order valence-electron chi connectivity index (χ2n) is 7.61. The lowest BCUT2D eigenvalue weighted by Crippen LogP contribution is -2.33. The van der Waals surface area contributed by atoms with Gasteiger partial charge < -0.3 is 38.8 Å². The molecule has 1 heterocycles. The highest BCUT2D eigenvalue weighted by Gasteiger charge is 2.34. The Kier molecular flexibility index (Phi) is 15.0. The number of benzene rings is 1. The van der Waals surface area contributed by atoms with E-state index < -0.39 is 18.5 Å². The van der Waals surface area contributed by atoms with Crippen molar-refractivity contribution in [1.29, 1.82) is 0 Å². The average molecular weight is 527 g/mol. The monoisotopic (exact) mass is 526 g/mol. The van der Waals surface area contributed by atoms with E-state index in [1.165, 1.54) is 4.90 Å². The Morgan fingerprint density at radius 1 is 0.676 bits per heavy atom. The number of nitrogens with zero attached hydrogens (tertiary/aromatic N) is 1. The number of ether oxygens (including phenoxy) is 6. The van der Waals surface area contributed by atoms with Crippen molar-refractivity contribution in [3.05, 3.63) is 35.4 Å². The van der Waals surface area contributed by atoms with Gasteiger partial charge in [0.2, 0.25) is 5.91 Å². The van der Waals surface area contributed by atoms with Gasteiger partial charge in [0, 0.05) is 6.54 Å². The molecular weight excluding hydrogens is 492 g/mol. The third-order valence-corrected chi connectivity index (χ3v) is 4.85. The van der Waals surface area contributed by atoms with E-state index in [0.717, 1.165) is 0 Å². The molecule has 0 aliphatic carbocycles. The highest BCUT2D eigenvalue weighted by Crippen LogP contribution is 2.21. The Morgan fingerprint density at radius 3 is 1.62 bits per heavy atom. The summed E-state index contributed by atoms with van der Waals surface area (Å²) in [5.74, 6) is -2.13. The summed E-state index contributed by atoms with van der Waals surface area (Å²) >= 11 is 0. The van der Waals surface area contributed by atoms with Crippen LogP contribution < -0.4 is 5.32 Å². The van der Waals surface area contributed by atoms with Crippen molar-refractivity contribution in [1.82, 2.24) is 10.2 Å². The number of carbonyl (C=O) groups is 4. The third kappa shape index (κ3) is 12.2. The van der Waals surface area contributed by atoms with Gasteiger partial charge in [-0.3, -0.25) is 19.3 Å². The van der Waals surface area contributed by atoms with E-state index in [0.29, 0.717) is 70.6 Å². The third-order valence-electron chi connectivity index (χ3n) is 4.85. The lowest BCUT2D eigenvalue weighted by Gasteiger charge is -2.13.